The van der Waals surface area contributed by atoms with E-state index in [9.17, 15) is 8.42 Å². The van der Waals surface area contributed by atoms with Gasteiger partial charge in [0.05, 0.1) is 6.54 Å². The fraction of sp³-hybridized carbons (Fsp3) is 0.231. The van der Waals surface area contributed by atoms with Crippen molar-refractivity contribution in [2.24, 2.45) is 0 Å². The summed E-state index contributed by atoms with van der Waals surface area (Å²) in [6.07, 6.45) is 0. The minimum Gasteiger partial charge on any atom is -0.446 e. The normalized spacial score (nSPS) is 11.8. The van der Waals surface area contributed by atoms with Gasteiger partial charge in [0, 0.05) is 23.4 Å². The Morgan fingerprint density at radius 3 is 2.55 bits per heavy atom. The van der Waals surface area contributed by atoms with Crippen LogP contribution in [0, 0.1) is 3.57 Å². The number of hydrogen-bond donors (Lipinski definition) is 1. The second-order valence-corrected chi connectivity index (χ2v) is 7.59. The molecule has 0 aliphatic heterocycles. The summed E-state index contributed by atoms with van der Waals surface area (Å²) in [5.41, 5.74) is 0.988. The van der Waals surface area contributed by atoms with E-state index in [1.807, 2.05) is 24.3 Å². The van der Waals surface area contributed by atoms with E-state index in [-0.39, 0.29) is 5.09 Å². The Hall–Kier alpha value is -1.06. The number of nitrogens with zero attached hydrogens (tertiary/aromatic N) is 1. The number of para-hydroxylation sites is 1. The van der Waals surface area contributed by atoms with E-state index < -0.39 is 10.0 Å². The monoisotopic (exact) mass is 406 g/mol. The highest BCUT2D eigenvalue weighted by molar-refractivity contribution is 14.1. The summed E-state index contributed by atoms with van der Waals surface area (Å²) in [6, 6.07) is 11.0. The lowest BCUT2D eigenvalue weighted by Crippen LogP contribution is -2.21. The lowest BCUT2D eigenvalue weighted by atomic mass is 10.3. The van der Waals surface area contributed by atoms with Gasteiger partial charge in [0.2, 0.25) is 5.09 Å². The van der Waals surface area contributed by atoms with E-state index in [0.717, 1.165) is 13.6 Å². The van der Waals surface area contributed by atoms with Crippen LogP contribution in [0.15, 0.2) is 45.9 Å². The summed E-state index contributed by atoms with van der Waals surface area (Å²) in [4.78, 5) is 0. The first-order valence-electron chi connectivity index (χ1n) is 5.91. The number of furan rings is 1. The minimum absolute atomic E-state index is 0.0398. The molecule has 0 unspecified atom stereocenters. The Morgan fingerprint density at radius 2 is 1.90 bits per heavy atom. The smallest absolute Gasteiger partial charge is 0.275 e. The van der Waals surface area contributed by atoms with Gasteiger partial charge >= 0.3 is 0 Å². The third-order valence-corrected chi connectivity index (χ3v) is 5.33. The van der Waals surface area contributed by atoms with Gasteiger partial charge < -0.3 is 9.73 Å². The van der Waals surface area contributed by atoms with Crippen molar-refractivity contribution < 1.29 is 12.8 Å². The van der Waals surface area contributed by atoms with Crippen molar-refractivity contribution >= 4 is 38.3 Å². The lowest BCUT2D eigenvalue weighted by Gasteiger charge is -2.08. The first-order valence-corrected chi connectivity index (χ1v) is 8.43. The fourth-order valence-corrected chi connectivity index (χ4v) is 2.95. The zero-order valence-electron chi connectivity index (χ0n) is 11.1. The maximum Gasteiger partial charge on any atom is 0.275 e. The molecule has 0 amide bonds. The van der Waals surface area contributed by atoms with Gasteiger partial charge in [-0.05, 0) is 46.9 Å². The highest BCUT2D eigenvalue weighted by Gasteiger charge is 2.21. The highest BCUT2D eigenvalue weighted by Crippen LogP contribution is 2.20. The topological polar surface area (TPSA) is 62.6 Å². The van der Waals surface area contributed by atoms with E-state index in [0.29, 0.717) is 12.3 Å². The van der Waals surface area contributed by atoms with E-state index in [1.54, 1.807) is 6.07 Å². The number of hydrogen-bond acceptors (Lipinski definition) is 4. The van der Waals surface area contributed by atoms with Crippen molar-refractivity contribution in [3.63, 3.8) is 0 Å². The zero-order valence-corrected chi connectivity index (χ0v) is 14.1. The molecule has 7 heteroatoms. The minimum atomic E-state index is -3.51. The quantitative estimate of drug-likeness (QED) is 0.776. The first kappa shape index (κ1) is 15.3. The molecule has 20 heavy (non-hydrogen) atoms. The summed E-state index contributed by atoms with van der Waals surface area (Å²) in [7, 11) is -0.561. The summed E-state index contributed by atoms with van der Waals surface area (Å²) >= 11 is 2.23. The zero-order chi connectivity index (χ0) is 14.8. The van der Waals surface area contributed by atoms with Crippen LogP contribution in [-0.4, -0.2) is 26.8 Å². The van der Waals surface area contributed by atoms with E-state index >= 15 is 0 Å². The lowest BCUT2D eigenvalue weighted by molar-refractivity contribution is 0.402. The van der Waals surface area contributed by atoms with Gasteiger partial charge in [-0.25, -0.2) is 12.7 Å². The average molecular weight is 406 g/mol. The number of halogens is 1. The molecule has 1 aromatic carbocycles. The molecule has 0 fully saturated rings. The number of anilines is 1. The molecule has 0 atom stereocenters. The second-order valence-electron chi connectivity index (χ2n) is 4.34. The average Bonchev–Trinajstić information content (AvgIpc) is 2.87. The second kappa shape index (κ2) is 6.15. The molecule has 0 saturated heterocycles. The van der Waals surface area contributed by atoms with Crippen LogP contribution in [0.5, 0.6) is 0 Å². The maximum atomic E-state index is 11.9. The van der Waals surface area contributed by atoms with Crippen molar-refractivity contribution in [1.82, 2.24) is 4.31 Å². The standard InChI is InChI=1S/C13H15IN2O3S/c1-16(2)20(17,18)13-8-7-10(19-13)9-15-12-6-4-3-5-11(12)14/h3-8,15H,9H2,1-2H3. The third-order valence-electron chi connectivity index (χ3n) is 2.70. The SMILES string of the molecule is CN(C)S(=O)(=O)c1ccc(CNc2ccccc2I)o1. The van der Waals surface area contributed by atoms with Crippen molar-refractivity contribution in [3.05, 3.63) is 45.7 Å². The van der Waals surface area contributed by atoms with Crippen LogP contribution < -0.4 is 5.32 Å². The van der Waals surface area contributed by atoms with Crippen LogP contribution in [0.4, 0.5) is 5.69 Å². The molecule has 0 bridgehead atoms. The molecule has 2 aromatic rings. The van der Waals surface area contributed by atoms with E-state index in [2.05, 4.69) is 27.9 Å². The predicted molar refractivity (Wildman–Crippen MR) is 86.1 cm³/mol. The van der Waals surface area contributed by atoms with Gasteiger partial charge in [0.25, 0.3) is 10.0 Å². The number of sulfonamides is 1. The van der Waals surface area contributed by atoms with Gasteiger partial charge in [-0.1, -0.05) is 12.1 Å². The molecular weight excluding hydrogens is 391 g/mol. The van der Waals surface area contributed by atoms with Gasteiger partial charge in [-0.15, -0.1) is 0 Å². The van der Waals surface area contributed by atoms with Gasteiger partial charge in [0.15, 0.2) is 0 Å². The molecule has 1 heterocycles. The van der Waals surface area contributed by atoms with Crippen molar-refractivity contribution in [1.29, 1.82) is 0 Å². The molecule has 0 aliphatic rings. The molecule has 0 saturated carbocycles. The van der Waals surface area contributed by atoms with Crippen molar-refractivity contribution in [2.75, 3.05) is 19.4 Å². The molecule has 5 nitrogen and oxygen atoms in total. The molecular formula is C13H15IN2O3S. The Kier molecular flexibility index (Phi) is 4.71. The number of benzene rings is 1. The Morgan fingerprint density at radius 1 is 1.20 bits per heavy atom. The van der Waals surface area contributed by atoms with Crippen LogP contribution in [-0.2, 0) is 16.6 Å². The molecule has 0 spiro atoms. The van der Waals surface area contributed by atoms with Crippen LogP contribution in [0.1, 0.15) is 5.76 Å². The van der Waals surface area contributed by atoms with E-state index in [1.165, 1.54) is 20.2 Å². The summed E-state index contributed by atoms with van der Waals surface area (Å²) in [6.45, 7) is 0.433. The fourth-order valence-electron chi connectivity index (χ4n) is 1.56. The van der Waals surface area contributed by atoms with Crippen molar-refractivity contribution in [3.8, 4) is 0 Å². The highest BCUT2D eigenvalue weighted by atomic mass is 127. The molecule has 108 valence electrons. The number of rotatable bonds is 5. The van der Waals surface area contributed by atoms with Crippen LogP contribution >= 0.6 is 22.6 Å². The summed E-state index contributed by atoms with van der Waals surface area (Å²) in [5.74, 6) is 0.574. The predicted octanol–water partition coefficient (Wildman–Crippen LogP) is 2.75. The van der Waals surface area contributed by atoms with E-state index in [4.69, 9.17) is 4.42 Å². The van der Waals surface area contributed by atoms with Gasteiger partial charge in [-0.2, -0.15) is 0 Å². The molecule has 1 N–H and O–H groups in total. The molecule has 1 aromatic heterocycles. The Balaban J connectivity index is 2.10. The molecule has 0 radical (unpaired) electrons. The maximum absolute atomic E-state index is 11.9. The van der Waals surface area contributed by atoms with Gasteiger partial charge in [-0.3, -0.25) is 0 Å². The summed E-state index contributed by atoms with van der Waals surface area (Å²) in [5, 5.41) is 3.17. The Bertz CT molecular complexity index is 695. The van der Waals surface area contributed by atoms with Gasteiger partial charge in [0.1, 0.15) is 5.76 Å². The van der Waals surface area contributed by atoms with Crippen LogP contribution in [0.25, 0.3) is 0 Å². The molecule has 2 rings (SSSR count). The van der Waals surface area contributed by atoms with Crippen molar-refractivity contribution in [2.45, 2.75) is 11.6 Å². The Labute approximate surface area is 132 Å². The van der Waals surface area contributed by atoms with Crippen LogP contribution in [0.2, 0.25) is 0 Å². The summed E-state index contributed by atoms with van der Waals surface area (Å²) < 4.78 is 31.4. The third kappa shape index (κ3) is 3.33. The first-order chi connectivity index (χ1) is 9.41. The largest absolute Gasteiger partial charge is 0.446 e. The molecule has 0 aliphatic carbocycles. The van der Waals surface area contributed by atoms with Crippen LogP contribution in [0.3, 0.4) is 0 Å². The number of nitrogens with one attached hydrogen (secondary N) is 1.